The van der Waals surface area contributed by atoms with Crippen LogP contribution in [0.2, 0.25) is 0 Å². The molecule has 1 fully saturated rings. The summed E-state index contributed by atoms with van der Waals surface area (Å²) in [6.07, 6.45) is 4.47. The van der Waals surface area contributed by atoms with Gasteiger partial charge in [-0.3, -0.25) is 10.1 Å². The van der Waals surface area contributed by atoms with Crippen molar-refractivity contribution in [3.63, 3.8) is 0 Å². The van der Waals surface area contributed by atoms with Crippen molar-refractivity contribution in [1.82, 2.24) is 4.98 Å². The SMILES string of the molecule is O=[N+]([O-])c1ccc(NC2CCC(O)CC2)nc1. The minimum atomic E-state index is -0.465. The third kappa shape index (κ3) is 3.13. The lowest BCUT2D eigenvalue weighted by molar-refractivity contribution is -0.385. The Kier molecular flexibility index (Phi) is 3.53. The maximum absolute atomic E-state index is 10.5. The largest absolute Gasteiger partial charge is 0.393 e. The van der Waals surface area contributed by atoms with E-state index in [-0.39, 0.29) is 11.8 Å². The number of hydrogen-bond donors (Lipinski definition) is 2. The predicted molar refractivity (Wildman–Crippen MR) is 62.8 cm³/mol. The summed E-state index contributed by atoms with van der Waals surface area (Å²) in [6, 6.07) is 3.35. The smallest absolute Gasteiger partial charge is 0.287 e. The summed E-state index contributed by atoms with van der Waals surface area (Å²) in [4.78, 5) is 14.0. The molecule has 1 aliphatic carbocycles. The second-order valence-corrected chi connectivity index (χ2v) is 4.31. The van der Waals surface area contributed by atoms with Crippen LogP contribution in [0.25, 0.3) is 0 Å². The fraction of sp³-hybridized carbons (Fsp3) is 0.545. The monoisotopic (exact) mass is 237 g/mol. The van der Waals surface area contributed by atoms with Gasteiger partial charge < -0.3 is 10.4 Å². The summed E-state index contributed by atoms with van der Waals surface area (Å²) >= 11 is 0. The lowest BCUT2D eigenvalue weighted by Crippen LogP contribution is -2.28. The van der Waals surface area contributed by atoms with Crippen molar-refractivity contribution < 1.29 is 10.0 Å². The third-order valence-corrected chi connectivity index (χ3v) is 3.01. The number of nitrogens with one attached hydrogen (secondary N) is 1. The molecule has 6 heteroatoms. The van der Waals surface area contributed by atoms with Gasteiger partial charge in [-0.25, -0.2) is 4.98 Å². The Morgan fingerprint density at radius 2 is 2.06 bits per heavy atom. The van der Waals surface area contributed by atoms with E-state index in [1.807, 2.05) is 0 Å². The molecule has 1 aromatic heterocycles. The highest BCUT2D eigenvalue weighted by molar-refractivity contribution is 5.40. The van der Waals surface area contributed by atoms with Crippen molar-refractivity contribution in [2.45, 2.75) is 37.8 Å². The molecule has 0 aliphatic heterocycles. The van der Waals surface area contributed by atoms with E-state index in [1.54, 1.807) is 6.07 Å². The summed E-state index contributed by atoms with van der Waals surface area (Å²) in [5.41, 5.74) is -0.00498. The maximum Gasteiger partial charge on any atom is 0.287 e. The molecule has 0 amide bonds. The van der Waals surface area contributed by atoms with Crippen molar-refractivity contribution >= 4 is 11.5 Å². The third-order valence-electron chi connectivity index (χ3n) is 3.01. The predicted octanol–water partition coefficient (Wildman–Crippen LogP) is 1.71. The van der Waals surface area contributed by atoms with E-state index in [9.17, 15) is 15.2 Å². The molecule has 0 spiro atoms. The lowest BCUT2D eigenvalue weighted by Gasteiger charge is -2.26. The zero-order valence-electron chi connectivity index (χ0n) is 9.37. The van der Waals surface area contributed by atoms with Gasteiger partial charge >= 0.3 is 0 Å². The number of aliphatic hydroxyl groups excluding tert-OH is 1. The molecule has 1 saturated carbocycles. The topological polar surface area (TPSA) is 88.3 Å². The van der Waals surface area contributed by atoms with Gasteiger partial charge in [-0.05, 0) is 31.7 Å². The highest BCUT2D eigenvalue weighted by Crippen LogP contribution is 2.22. The Morgan fingerprint density at radius 1 is 1.35 bits per heavy atom. The van der Waals surface area contributed by atoms with Crippen LogP contribution in [-0.2, 0) is 0 Å². The summed E-state index contributed by atoms with van der Waals surface area (Å²) in [6.45, 7) is 0. The molecule has 0 bridgehead atoms. The van der Waals surface area contributed by atoms with Crippen molar-refractivity contribution in [1.29, 1.82) is 0 Å². The van der Waals surface area contributed by atoms with Gasteiger partial charge in [-0.2, -0.15) is 0 Å². The van der Waals surface area contributed by atoms with Crippen LogP contribution in [0.4, 0.5) is 11.5 Å². The first kappa shape index (κ1) is 11.8. The molecular weight excluding hydrogens is 222 g/mol. The van der Waals surface area contributed by atoms with Gasteiger partial charge in [-0.15, -0.1) is 0 Å². The van der Waals surface area contributed by atoms with Gasteiger partial charge in [0.05, 0.1) is 11.0 Å². The summed E-state index contributed by atoms with van der Waals surface area (Å²) in [7, 11) is 0. The Labute approximate surface area is 98.8 Å². The molecule has 0 radical (unpaired) electrons. The molecule has 1 aromatic rings. The Hall–Kier alpha value is -1.69. The molecule has 0 saturated heterocycles. The molecule has 92 valence electrons. The van der Waals surface area contributed by atoms with Gasteiger partial charge in [-0.1, -0.05) is 0 Å². The van der Waals surface area contributed by atoms with Crippen LogP contribution in [0.3, 0.4) is 0 Å². The first-order valence-electron chi connectivity index (χ1n) is 5.70. The van der Waals surface area contributed by atoms with E-state index in [4.69, 9.17) is 0 Å². The number of nitro groups is 1. The number of pyridine rings is 1. The van der Waals surface area contributed by atoms with E-state index in [1.165, 1.54) is 12.3 Å². The number of nitrogens with zero attached hydrogens (tertiary/aromatic N) is 2. The molecule has 2 rings (SSSR count). The zero-order valence-corrected chi connectivity index (χ0v) is 9.37. The summed E-state index contributed by atoms with van der Waals surface area (Å²) < 4.78 is 0. The maximum atomic E-state index is 10.5. The highest BCUT2D eigenvalue weighted by atomic mass is 16.6. The van der Waals surface area contributed by atoms with Crippen LogP contribution >= 0.6 is 0 Å². The molecule has 0 atom stereocenters. The normalized spacial score (nSPS) is 24.3. The van der Waals surface area contributed by atoms with Crippen molar-refractivity contribution in [2.24, 2.45) is 0 Å². The molecule has 2 N–H and O–H groups in total. The van der Waals surface area contributed by atoms with Crippen LogP contribution in [0, 0.1) is 10.1 Å². The van der Waals surface area contributed by atoms with Crippen LogP contribution < -0.4 is 5.32 Å². The molecule has 1 aliphatic rings. The van der Waals surface area contributed by atoms with E-state index in [2.05, 4.69) is 10.3 Å². The fourth-order valence-corrected chi connectivity index (χ4v) is 2.01. The van der Waals surface area contributed by atoms with E-state index in [0.717, 1.165) is 25.7 Å². The second kappa shape index (κ2) is 5.09. The van der Waals surface area contributed by atoms with Gasteiger partial charge in [0.1, 0.15) is 12.0 Å². The average molecular weight is 237 g/mol. The minimum Gasteiger partial charge on any atom is -0.393 e. The second-order valence-electron chi connectivity index (χ2n) is 4.31. The number of hydrogen-bond acceptors (Lipinski definition) is 5. The molecule has 0 unspecified atom stereocenters. The van der Waals surface area contributed by atoms with E-state index in [0.29, 0.717) is 11.9 Å². The Morgan fingerprint density at radius 3 is 2.59 bits per heavy atom. The number of aromatic nitrogens is 1. The summed E-state index contributed by atoms with van der Waals surface area (Å²) in [5.74, 6) is 0.650. The molecular formula is C11H15N3O3. The van der Waals surface area contributed by atoms with Crippen molar-refractivity contribution in [3.05, 3.63) is 28.4 Å². The van der Waals surface area contributed by atoms with Crippen molar-refractivity contribution in [2.75, 3.05) is 5.32 Å². The van der Waals surface area contributed by atoms with E-state index >= 15 is 0 Å². The van der Waals surface area contributed by atoms with Crippen molar-refractivity contribution in [3.8, 4) is 0 Å². The first-order valence-corrected chi connectivity index (χ1v) is 5.70. The quantitative estimate of drug-likeness (QED) is 0.617. The Bertz CT molecular complexity index is 385. The first-order chi connectivity index (χ1) is 8.15. The van der Waals surface area contributed by atoms with E-state index < -0.39 is 4.92 Å². The van der Waals surface area contributed by atoms with Crippen LogP contribution in [0.1, 0.15) is 25.7 Å². The standard InChI is InChI=1S/C11H15N3O3/c15-10-4-1-8(2-5-10)13-11-6-3-9(7-12-11)14(16)17/h3,6-8,10,15H,1-2,4-5H2,(H,12,13). The van der Waals surface area contributed by atoms with Gasteiger partial charge in [0.15, 0.2) is 0 Å². The molecule has 17 heavy (non-hydrogen) atoms. The number of rotatable bonds is 3. The highest BCUT2D eigenvalue weighted by Gasteiger charge is 2.19. The zero-order chi connectivity index (χ0) is 12.3. The van der Waals surface area contributed by atoms with Crippen LogP contribution in [0.15, 0.2) is 18.3 Å². The summed E-state index contributed by atoms with van der Waals surface area (Å²) in [5, 5.41) is 23.1. The molecule has 6 nitrogen and oxygen atoms in total. The lowest BCUT2D eigenvalue weighted by atomic mass is 9.93. The Balaban J connectivity index is 1.92. The number of anilines is 1. The molecule has 1 heterocycles. The van der Waals surface area contributed by atoms with Gasteiger partial charge in [0.25, 0.3) is 5.69 Å². The minimum absolute atomic E-state index is 0.00498. The number of aliphatic hydroxyl groups is 1. The fourth-order valence-electron chi connectivity index (χ4n) is 2.01. The van der Waals surface area contributed by atoms with Crippen LogP contribution in [-0.4, -0.2) is 27.2 Å². The molecule has 0 aromatic carbocycles. The van der Waals surface area contributed by atoms with Gasteiger partial charge in [0, 0.05) is 12.1 Å². The van der Waals surface area contributed by atoms with Crippen LogP contribution in [0.5, 0.6) is 0 Å². The average Bonchev–Trinajstić information content (AvgIpc) is 2.33. The van der Waals surface area contributed by atoms with Gasteiger partial charge in [0.2, 0.25) is 0 Å².